The van der Waals surface area contributed by atoms with E-state index in [0.29, 0.717) is 30.8 Å². The van der Waals surface area contributed by atoms with E-state index in [1.165, 1.54) is 6.07 Å². The minimum atomic E-state index is -0.435. The molecule has 2 fully saturated rings. The first-order valence-electron chi connectivity index (χ1n) is 7.27. The summed E-state index contributed by atoms with van der Waals surface area (Å²) in [4.78, 5) is 14.2. The molecule has 3 heterocycles. The van der Waals surface area contributed by atoms with E-state index in [0.717, 1.165) is 12.8 Å². The maximum atomic E-state index is 12.1. The number of nitrogens with zero attached hydrogens (tertiary/aromatic N) is 3. The summed E-state index contributed by atoms with van der Waals surface area (Å²) < 4.78 is 5.09. The number of hydrogen-bond donors (Lipinski definition) is 1. The molecule has 7 heteroatoms. The average molecular weight is 312 g/mol. The monoisotopic (exact) mass is 311 g/mol. The van der Waals surface area contributed by atoms with Gasteiger partial charge < -0.3 is 14.7 Å². The van der Waals surface area contributed by atoms with Crippen molar-refractivity contribution < 1.29 is 14.6 Å². The van der Waals surface area contributed by atoms with Crippen molar-refractivity contribution in [1.82, 2.24) is 10.2 Å². The average Bonchev–Trinajstić information content (AvgIpc) is 2.71. The van der Waals surface area contributed by atoms with Crippen molar-refractivity contribution in [3.8, 4) is 0 Å². The SMILES string of the molecule is CCOC(=O)c1cc(Cl)nnc1N1C2CCC1CC(O)C2. The predicted octanol–water partition coefficient (Wildman–Crippen LogP) is 1.80. The Bertz CT molecular complexity index is 540. The molecule has 2 saturated heterocycles. The van der Waals surface area contributed by atoms with Gasteiger partial charge in [-0.3, -0.25) is 0 Å². The second-order valence-electron chi connectivity index (χ2n) is 5.54. The Labute approximate surface area is 128 Å². The summed E-state index contributed by atoms with van der Waals surface area (Å²) in [5, 5.41) is 18.1. The summed E-state index contributed by atoms with van der Waals surface area (Å²) in [5.41, 5.74) is 0.352. The third kappa shape index (κ3) is 2.70. The zero-order valence-electron chi connectivity index (χ0n) is 11.8. The molecule has 2 unspecified atom stereocenters. The van der Waals surface area contributed by atoms with Gasteiger partial charge in [0.15, 0.2) is 11.0 Å². The maximum Gasteiger partial charge on any atom is 0.342 e. The number of esters is 1. The number of anilines is 1. The quantitative estimate of drug-likeness (QED) is 0.858. The number of aliphatic hydroxyl groups is 1. The van der Waals surface area contributed by atoms with Crippen molar-refractivity contribution in [2.45, 2.75) is 50.8 Å². The molecule has 1 aromatic heterocycles. The minimum absolute atomic E-state index is 0.172. The van der Waals surface area contributed by atoms with Crippen LogP contribution < -0.4 is 4.90 Å². The maximum absolute atomic E-state index is 12.1. The highest BCUT2D eigenvalue weighted by Crippen LogP contribution is 2.39. The van der Waals surface area contributed by atoms with Crippen LogP contribution in [-0.2, 0) is 4.74 Å². The molecule has 6 nitrogen and oxygen atoms in total. The molecule has 0 saturated carbocycles. The molecule has 1 N–H and O–H groups in total. The molecular formula is C14H18ClN3O3. The first-order valence-corrected chi connectivity index (χ1v) is 7.64. The van der Waals surface area contributed by atoms with Gasteiger partial charge in [-0.25, -0.2) is 4.79 Å². The number of halogens is 1. The summed E-state index contributed by atoms with van der Waals surface area (Å²) in [7, 11) is 0. The van der Waals surface area contributed by atoms with Crippen LogP contribution in [0.1, 0.15) is 43.0 Å². The van der Waals surface area contributed by atoms with E-state index in [1.807, 2.05) is 0 Å². The third-order valence-corrected chi connectivity index (χ3v) is 4.38. The molecule has 21 heavy (non-hydrogen) atoms. The van der Waals surface area contributed by atoms with Crippen molar-refractivity contribution in [2.75, 3.05) is 11.5 Å². The molecule has 0 radical (unpaired) electrons. The Kier molecular flexibility index (Phi) is 3.99. The normalized spacial score (nSPS) is 27.8. The van der Waals surface area contributed by atoms with Gasteiger partial charge in [-0.1, -0.05) is 11.6 Å². The van der Waals surface area contributed by atoms with E-state index >= 15 is 0 Å². The summed E-state index contributed by atoms with van der Waals surface area (Å²) >= 11 is 5.87. The van der Waals surface area contributed by atoms with Crippen LogP contribution in [0.5, 0.6) is 0 Å². The smallest absolute Gasteiger partial charge is 0.342 e. The number of rotatable bonds is 3. The summed E-state index contributed by atoms with van der Waals surface area (Å²) in [6.45, 7) is 2.05. The number of hydrogen-bond acceptors (Lipinski definition) is 6. The van der Waals surface area contributed by atoms with Crippen LogP contribution in [-0.4, -0.2) is 46.1 Å². The molecule has 0 spiro atoms. The highest BCUT2D eigenvalue weighted by molar-refractivity contribution is 6.29. The van der Waals surface area contributed by atoms with Crippen LogP contribution in [0.4, 0.5) is 5.82 Å². The second-order valence-corrected chi connectivity index (χ2v) is 5.93. The molecule has 2 bridgehead atoms. The number of carbonyl (C=O) groups is 1. The molecule has 114 valence electrons. The highest BCUT2D eigenvalue weighted by atomic mass is 35.5. The van der Waals surface area contributed by atoms with E-state index in [1.54, 1.807) is 6.92 Å². The van der Waals surface area contributed by atoms with E-state index in [2.05, 4.69) is 15.1 Å². The molecule has 0 aromatic carbocycles. The van der Waals surface area contributed by atoms with E-state index < -0.39 is 5.97 Å². The first kappa shape index (κ1) is 14.5. The van der Waals surface area contributed by atoms with Gasteiger partial charge in [-0.2, -0.15) is 0 Å². The molecule has 0 aliphatic carbocycles. The van der Waals surface area contributed by atoms with Gasteiger partial charge >= 0.3 is 5.97 Å². The molecule has 3 rings (SSSR count). The number of ether oxygens (including phenoxy) is 1. The zero-order valence-corrected chi connectivity index (χ0v) is 12.6. The molecule has 0 amide bonds. The number of piperidine rings is 1. The van der Waals surface area contributed by atoms with Gasteiger partial charge in [-0.15, -0.1) is 10.2 Å². The lowest BCUT2D eigenvalue weighted by Gasteiger charge is -2.38. The molecule has 1 aromatic rings. The van der Waals surface area contributed by atoms with Gasteiger partial charge in [0.25, 0.3) is 0 Å². The Balaban J connectivity index is 1.97. The van der Waals surface area contributed by atoms with Crippen LogP contribution in [0.3, 0.4) is 0 Å². The number of aromatic nitrogens is 2. The first-order chi connectivity index (χ1) is 10.1. The molecule has 2 atom stereocenters. The fourth-order valence-electron chi connectivity index (χ4n) is 3.41. The lowest BCUT2D eigenvalue weighted by atomic mass is 9.99. The largest absolute Gasteiger partial charge is 0.462 e. The topological polar surface area (TPSA) is 75.5 Å². The Morgan fingerprint density at radius 3 is 2.71 bits per heavy atom. The summed E-state index contributed by atoms with van der Waals surface area (Å²) in [5.74, 6) is 0.0899. The third-order valence-electron chi connectivity index (χ3n) is 4.19. The van der Waals surface area contributed by atoms with Gasteiger partial charge in [0, 0.05) is 12.1 Å². The lowest BCUT2D eigenvalue weighted by molar-refractivity contribution is 0.0526. The van der Waals surface area contributed by atoms with Crippen molar-refractivity contribution in [3.05, 3.63) is 16.8 Å². The van der Waals surface area contributed by atoms with E-state index in [-0.39, 0.29) is 23.3 Å². The Morgan fingerprint density at radius 1 is 1.43 bits per heavy atom. The van der Waals surface area contributed by atoms with Crippen molar-refractivity contribution in [1.29, 1.82) is 0 Å². The van der Waals surface area contributed by atoms with E-state index in [9.17, 15) is 9.90 Å². The van der Waals surface area contributed by atoms with Crippen LogP contribution in [0.2, 0.25) is 5.15 Å². The Hall–Kier alpha value is -1.40. The van der Waals surface area contributed by atoms with Gasteiger partial charge in [0.05, 0.1) is 12.7 Å². The highest BCUT2D eigenvalue weighted by Gasteiger charge is 2.42. The fraction of sp³-hybridized carbons (Fsp3) is 0.643. The predicted molar refractivity (Wildman–Crippen MR) is 77.5 cm³/mol. The van der Waals surface area contributed by atoms with Crippen LogP contribution in [0.15, 0.2) is 6.07 Å². The second kappa shape index (κ2) is 5.77. The van der Waals surface area contributed by atoms with Gasteiger partial charge in [0.1, 0.15) is 5.56 Å². The minimum Gasteiger partial charge on any atom is -0.462 e. The summed E-state index contributed by atoms with van der Waals surface area (Å²) in [6, 6.07) is 1.90. The summed E-state index contributed by atoms with van der Waals surface area (Å²) in [6.07, 6.45) is 3.11. The van der Waals surface area contributed by atoms with Crippen molar-refractivity contribution >= 4 is 23.4 Å². The Morgan fingerprint density at radius 2 is 2.10 bits per heavy atom. The molecular weight excluding hydrogens is 294 g/mol. The van der Waals surface area contributed by atoms with Crippen molar-refractivity contribution in [2.24, 2.45) is 0 Å². The fourth-order valence-corrected chi connectivity index (χ4v) is 3.55. The molecule has 2 aliphatic rings. The van der Waals surface area contributed by atoms with Crippen LogP contribution in [0.25, 0.3) is 0 Å². The van der Waals surface area contributed by atoms with E-state index in [4.69, 9.17) is 16.3 Å². The van der Waals surface area contributed by atoms with Crippen LogP contribution in [0, 0.1) is 0 Å². The molecule has 2 aliphatic heterocycles. The lowest BCUT2D eigenvalue weighted by Crippen LogP contribution is -2.46. The number of aliphatic hydroxyl groups excluding tert-OH is 1. The van der Waals surface area contributed by atoms with Crippen LogP contribution >= 0.6 is 11.6 Å². The number of fused-ring (bicyclic) bond motifs is 2. The zero-order chi connectivity index (χ0) is 15.0. The van der Waals surface area contributed by atoms with Gasteiger partial charge in [-0.05, 0) is 38.7 Å². The number of carbonyl (C=O) groups excluding carboxylic acids is 1. The van der Waals surface area contributed by atoms with Crippen molar-refractivity contribution in [3.63, 3.8) is 0 Å². The standard InChI is InChI=1S/C14H18ClN3O3/c1-2-21-14(20)11-7-12(15)16-17-13(11)18-8-3-4-9(18)6-10(19)5-8/h7-10,19H,2-6H2,1H3. The van der Waals surface area contributed by atoms with Gasteiger partial charge in [0.2, 0.25) is 0 Å².